The lowest BCUT2D eigenvalue weighted by molar-refractivity contribution is 0.104. The number of hydrogen-bond donors (Lipinski definition) is 0. The van der Waals surface area contributed by atoms with E-state index in [4.69, 9.17) is 0 Å². The average Bonchev–Trinajstić information content (AvgIpc) is 2.98. The van der Waals surface area contributed by atoms with Crippen molar-refractivity contribution in [2.45, 2.75) is 12.8 Å². The van der Waals surface area contributed by atoms with Gasteiger partial charge in [-0.3, -0.25) is 4.79 Å². The van der Waals surface area contributed by atoms with Gasteiger partial charge in [0.25, 0.3) is 0 Å². The molecule has 112 valence electrons. The number of allylic oxidation sites excluding steroid dienone is 1. The normalized spacial score (nSPS) is 13.1. The topological polar surface area (TPSA) is 17.1 Å². The molecule has 0 aliphatic heterocycles. The Kier molecular flexibility index (Phi) is 3.62. The maximum atomic E-state index is 12.7. The number of carbonyl (C=O) groups excluding carboxylic acids is 1. The van der Waals surface area contributed by atoms with E-state index in [0.29, 0.717) is 0 Å². The van der Waals surface area contributed by atoms with Gasteiger partial charge in [-0.2, -0.15) is 0 Å². The van der Waals surface area contributed by atoms with Gasteiger partial charge < -0.3 is 0 Å². The molecule has 2 heteroatoms. The van der Waals surface area contributed by atoms with Crippen LogP contribution in [0.5, 0.6) is 0 Å². The molecule has 0 saturated heterocycles. The highest BCUT2D eigenvalue weighted by molar-refractivity contribution is 9.10. The summed E-state index contributed by atoms with van der Waals surface area (Å²) >= 11 is 3.45. The molecule has 3 aromatic carbocycles. The largest absolute Gasteiger partial charge is 0.289 e. The van der Waals surface area contributed by atoms with E-state index in [1.165, 1.54) is 16.5 Å². The second-order valence-electron chi connectivity index (χ2n) is 5.86. The number of benzene rings is 3. The molecule has 1 nitrogen and oxygen atoms in total. The molecule has 1 aliphatic rings. The van der Waals surface area contributed by atoms with E-state index in [-0.39, 0.29) is 5.78 Å². The summed E-state index contributed by atoms with van der Waals surface area (Å²) < 4.78 is 1.01. The van der Waals surface area contributed by atoms with Crippen molar-refractivity contribution >= 4 is 38.6 Å². The van der Waals surface area contributed by atoms with Crippen molar-refractivity contribution < 1.29 is 4.79 Å². The summed E-state index contributed by atoms with van der Waals surface area (Å²) in [5.41, 5.74) is 4.53. The minimum Gasteiger partial charge on any atom is -0.289 e. The Morgan fingerprint density at radius 1 is 0.957 bits per heavy atom. The maximum Gasteiger partial charge on any atom is 0.186 e. The van der Waals surface area contributed by atoms with Crippen LogP contribution in [-0.4, -0.2) is 5.78 Å². The summed E-state index contributed by atoms with van der Waals surface area (Å²) in [6, 6.07) is 18.3. The van der Waals surface area contributed by atoms with Crippen molar-refractivity contribution in [2.24, 2.45) is 0 Å². The molecule has 0 fully saturated rings. The summed E-state index contributed by atoms with van der Waals surface area (Å²) in [6.07, 6.45) is 5.70. The van der Waals surface area contributed by atoms with Crippen LogP contribution in [0.15, 0.2) is 65.1 Å². The van der Waals surface area contributed by atoms with E-state index in [1.54, 1.807) is 6.08 Å². The van der Waals surface area contributed by atoms with Crippen LogP contribution < -0.4 is 0 Å². The fraction of sp³-hybridized carbons (Fsp3) is 0.0952. The summed E-state index contributed by atoms with van der Waals surface area (Å²) in [6.45, 7) is 0. The average molecular weight is 363 g/mol. The molecular weight excluding hydrogens is 348 g/mol. The Morgan fingerprint density at radius 3 is 2.57 bits per heavy atom. The predicted molar refractivity (Wildman–Crippen MR) is 98.9 cm³/mol. The van der Waals surface area contributed by atoms with Crippen molar-refractivity contribution in [3.05, 3.63) is 87.4 Å². The van der Waals surface area contributed by atoms with Gasteiger partial charge >= 0.3 is 0 Å². The quantitative estimate of drug-likeness (QED) is 0.437. The number of rotatable bonds is 3. The minimum absolute atomic E-state index is 0.0561. The van der Waals surface area contributed by atoms with Crippen LogP contribution in [0.4, 0.5) is 0 Å². The Labute approximate surface area is 143 Å². The Hall–Kier alpha value is -2.19. The molecule has 4 rings (SSSR count). The molecule has 0 saturated carbocycles. The smallest absolute Gasteiger partial charge is 0.186 e. The highest BCUT2D eigenvalue weighted by atomic mass is 79.9. The van der Waals surface area contributed by atoms with E-state index < -0.39 is 0 Å². The Morgan fingerprint density at radius 2 is 1.74 bits per heavy atom. The first-order chi connectivity index (χ1) is 11.2. The SMILES string of the molecule is O=C(/C=C/c1cccc(Br)c1)c1ccc2c3c(cccc13)CC2. The van der Waals surface area contributed by atoms with Gasteiger partial charge in [-0.1, -0.05) is 64.5 Å². The molecule has 0 N–H and O–H groups in total. The first-order valence-electron chi connectivity index (χ1n) is 7.74. The monoisotopic (exact) mass is 362 g/mol. The molecule has 3 aromatic rings. The Bertz CT molecular complexity index is 943. The molecule has 0 spiro atoms. The molecule has 0 bridgehead atoms. The fourth-order valence-electron chi connectivity index (χ4n) is 3.33. The standard InChI is InChI=1S/C21H15BrO/c22-17-5-1-3-14(13-17)7-12-20(23)18-11-10-16-9-8-15-4-2-6-19(18)21(15)16/h1-7,10-13H,8-9H2/b12-7+. The molecule has 0 atom stereocenters. The zero-order valence-electron chi connectivity index (χ0n) is 12.6. The third-order valence-electron chi connectivity index (χ3n) is 4.42. The van der Waals surface area contributed by atoms with E-state index in [0.717, 1.165) is 33.8 Å². The third-order valence-corrected chi connectivity index (χ3v) is 4.91. The molecule has 0 radical (unpaired) electrons. The fourth-order valence-corrected chi connectivity index (χ4v) is 3.75. The van der Waals surface area contributed by atoms with Crippen molar-refractivity contribution in [1.29, 1.82) is 0 Å². The van der Waals surface area contributed by atoms with E-state index in [2.05, 4.69) is 40.2 Å². The van der Waals surface area contributed by atoms with E-state index >= 15 is 0 Å². The van der Waals surface area contributed by atoms with Gasteiger partial charge in [-0.05, 0) is 58.5 Å². The first-order valence-corrected chi connectivity index (χ1v) is 8.53. The molecule has 0 aromatic heterocycles. The second-order valence-corrected chi connectivity index (χ2v) is 6.78. The van der Waals surface area contributed by atoms with E-state index in [1.807, 2.05) is 36.4 Å². The van der Waals surface area contributed by atoms with Gasteiger partial charge in [0.1, 0.15) is 0 Å². The van der Waals surface area contributed by atoms with Crippen molar-refractivity contribution in [1.82, 2.24) is 0 Å². The third kappa shape index (κ3) is 2.64. The van der Waals surface area contributed by atoms with Crippen LogP contribution in [-0.2, 0) is 12.8 Å². The van der Waals surface area contributed by atoms with Gasteiger partial charge in [-0.15, -0.1) is 0 Å². The summed E-state index contributed by atoms with van der Waals surface area (Å²) in [4.78, 5) is 12.7. The number of ketones is 1. The number of aryl methyl sites for hydroxylation is 2. The van der Waals surface area contributed by atoms with Gasteiger partial charge in [-0.25, -0.2) is 0 Å². The Balaban J connectivity index is 1.74. The number of halogens is 1. The van der Waals surface area contributed by atoms with Crippen LogP contribution in [0, 0.1) is 0 Å². The van der Waals surface area contributed by atoms with Crippen LogP contribution in [0.25, 0.3) is 16.8 Å². The lowest BCUT2D eigenvalue weighted by Crippen LogP contribution is -1.96. The zero-order valence-corrected chi connectivity index (χ0v) is 14.1. The molecule has 1 aliphatic carbocycles. The molecule has 0 amide bonds. The summed E-state index contributed by atoms with van der Waals surface area (Å²) in [7, 11) is 0. The van der Waals surface area contributed by atoms with Crippen LogP contribution in [0.3, 0.4) is 0 Å². The van der Waals surface area contributed by atoms with Crippen LogP contribution in [0.2, 0.25) is 0 Å². The number of carbonyl (C=O) groups is 1. The maximum absolute atomic E-state index is 12.7. The van der Waals surface area contributed by atoms with Crippen molar-refractivity contribution in [3.8, 4) is 0 Å². The lowest BCUT2D eigenvalue weighted by atomic mass is 9.97. The molecule has 0 unspecified atom stereocenters. The number of hydrogen-bond acceptors (Lipinski definition) is 1. The van der Waals surface area contributed by atoms with Crippen LogP contribution in [0.1, 0.15) is 27.0 Å². The molecule has 23 heavy (non-hydrogen) atoms. The second kappa shape index (κ2) is 5.78. The molecular formula is C21H15BrO. The zero-order chi connectivity index (χ0) is 15.8. The first kappa shape index (κ1) is 14.4. The van der Waals surface area contributed by atoms with Gasteiger partial charge in [0.2, 0.25) is 0 Å². The highest BCUT2D eigenvalue weighted by Gasteiger charge is 2.17. The molecule has 0 heterocycles. The summed E-state index contributed by atoms with van der Waals surface area (Å²) in [5, 5.41) is 2.37. The van der Waals surface area contributed by atoms with Gasteiger partial charge in [0.15, 0.2) is 5.78 Å². The van der Waals surface area contributed by atoms with Gasteiger partial charge in [0, 0.05) is 10.0 Å². The minimum atomic E-state index is 0.0561. The van der Waals surface area contributed by atoms with Crippen molar-refractivity contribution in [2.75, 3.05) is 0 Å². The lowest BCUT2D eigenvalue weighted by Gasteiger charge is -2.06. The van der Waals surface area contributed by atoms with Gasteiger partial charge in [0.05, 0.1) is 0 Å². The predicted octanol–water partition coefficient (Wildman–Crippen LogP) is 5.60. The summed E-state index contributed by atoms with van der Waals surface area (Å²) in [5.74, 6) is 0.0561. The van der Waals surface area contributed by atoms with Crippen molar-refractivity contribution in [3.63, 3.8) is 0 Å². The highest BCUT2D eigenvalue weighted by Crippen LogP contribution is 2.33. The van der Waals surface area contributed by atoms with Crippen LogP contribution >= 0.6 is 15.9 Å². The van der Waals surface area contributed by atoms with E-state index in [9.17, 15) is 4.79 Å².